The second-order valence-corrected chi connectivity index (χ2v) is 7.11. The fraction of sp³-hybridized carbons (Fsp3) is 0.0435. The molecule has 3 aromatic carbocycles. The number of nitrogens with zero attached hydrogens (tertiary/aromatic N) is 1. The lowest BCUT2D eigenvalue weighted by atomic mass is 10.0. The van der Waals surface area contributed by atoms with Crippen molar-refractivity contribution >= 4 is 40.4 Å². The number of carbonyl (C=O) groups excluding carboxylic acids is 2. The van der Waals surface area contributed by atoms with Gasteiger partial charge in [0.1, 0.15) is 11.5 Å². The van der Waals surface area contributed by atoms with Crippen LogP contribution >= 0.6 is 11.6 Å². The molecule has 2 amide bonds. The average Bonchev–Trinajstić information content (AvgIpc) is 2.93. The molecule has 0 fully saturated rings. The Kier molecular flexibility index (Phi) is 4.91. The van der Waals surface area contributed by atoms with Gasteiger partial charge in [-0.2, -0.15) is 0 Å². The van der Waals surface area contributed by atoms with Gasteiger partial charge in [0.15, 0.2) is 0 Å². The summed E-state index contributed by atoms with van der Waals surface area (Å²) in [7, 11) is 0. The van der Waals surface area contributed by atoms with Crippen LogP contribution in [-0.2, 0) is 9.59 Å². The average molecular weight is 407 g/mol. The Morgan fingerprint density at radius 2 is 1.59 bits per heavy atom. The minimum absolute atomic E-state index is 0.159. The van der Waals surface area contributed by atoms with Gasteiger partial charge in [0.2, 0.25) is 0 Å². The SMILES string of the molecule is Cc1cccc(NC2=C(c3ccc(Cl)cc3)C(=O)N(c3ccc(F)cc3)C2=O)c1. The molecule has 3 aromatic rings. The molecule has 0 radical (unpaired) electrons. The maximum atomic E-state index is 13.3. The number of imide groups is 1. The van der Waals surface area contributed by atoms with Crippen LogP contribution in [0.25, 0.3) is 5.57 Å². The predicted molar refractivity (Wildman–Crippen MR) is 112 cm³/mol. The highest BCUT2D eigenvalue weighted by molar-refractivity contribution is 6.46. The van der Waals surface area contributed by atoms with Gasteiger partial charge >= 0.3 is 0 Å². The molecule has 0 unspecified atom stereocenters. The molecule has 144 valence electrons. The van der Waals surface area contributed by atoms with Gasteiger partial charge < -0.3 is 5.32 Å². The summed E-state index contributed by atoms with van der Waals surface area (Å²) in [5, 5.41) is 3.62. The predicted octanol–water partition coefficient (Wildman–Crippen LogP) is 5.18. The monoisotopic (exact) mass is 406 g/mol. The first kappa shape index (κ1) is 18.9. The Morgan fingerprint density at radius 3 is 2.24 bits per heavy atom. The molecule has 0 bridgehead atoms. The molecule has 1 aliphatic rings. The van der Waals surface area contributed by atoms with Crippen LogP contribution in [0.2, 0.25) is 5.02 Å². The number of hydrogen-bond acceptors (Lipinski definition) is 3. The second kappa shape index (κ2) is 7.53. The zero-order chi connectivity index (χ0) is 20.5. The summed E-state index contributed by atoms with van der Waals surface area (Å²) in [4.78, 5) is 27.5. The van der Waals surface area contributed by atoms with Crippen molar-refractivity contribution in [3.8, 4) is 0 Å². The molecule has 0 aromatic heterocycles. The van der Waals surface area contributed by atoms with E-state index in [-0.39, 0.29) is 11.3 Å². The smallest absolute Gasteiger partial charge is 0.282 e. The van der Waals surface area contributed by atoms with Gasteiger partial charge in [-0.3, -0.25) is 9.59 Å². The van der Waals surface area contributed by atoms with E-state index in [2.05, 4.69) is 5.32 Å². The van der Waals surface area contributed by atoms with E-state index in [4.69, 9.17) is 11.6 Å². The Morgan fingerprint density at radius 1 is 0.897 bits per heavy atom. The topological polar surface area (TPSA) is 49.4 Å². The molecule has 1 heterocycles. The zero-order valence-electron chi connectivity index (χ0n) is 15.4. The van der Waals surface area contributed by atoms with Crippen LogP contribution in [0, 0.1) is 12.7 Å². The van der Waals surface area contributed by atoms with Gasteiger partial charge in [-0.15, -0.1) is 0 Å². The van der Waals surface area contributed by atoms with Gasteiger partial charge in [-0.25, -0.2) is 9.29 Å². The molecule has 1 aliphatic heterocycles. The standard InChI is InChI=1S/C23H16ClFN2O2/c1-14-3-2-4-18(13-14)26-21-20(15-5-7-16(24)8-6-15)22(28)27(23(21)29)19-11-9-17(25)10-12-19/h2-13,26H,1H3. The van der Waals surface area contributed by atoms with E-state index in [1.165, 1.54) is 24.3 Å². The molecule has 4 nitrogen and oxygen atoms in total. The number of hydrogen-bond donors (Lipinski definition) is 1. The first-order chi connectivity index (χ1) is 13.9. The van der Waals surface area contributed by atoms with Gasteiger partial charge in [0.25, 0.3) is 11.8 Å². The van der Waals surface area contributed by atoms with Crippen molar-refractivity contribution in [3.63, 3.8) is 0 Å². The Bertz CT molecular complexity index is 1140. The third-order valence-electron chi connectivity index (χ3n) is 4.59. The van der Waals surface area contributed by atoms with Gasteiger partial charge in [-0.05, 0) is 66.6 Å². The number of benzene rings is 3. The fourth-order valence-corrected chi connectivity index (χ4v) is 3.35. The van der Waals surface area contributed by atoms with Crippen LogP contribution in [0.4, 0.5) is 15.8 Å². The normalized spacial score (nSPS) is 14.0. The van der Waals surface area contributed by atoms with E-state index in [0.717, 1.165) is 10.5 Å². The molecular formula is C23H16ClFN2O2. The molecule has 0 aliphatic carbocycles. The van der Waals surface area contributed by atoms with Gasteiger partial charge in [-0.1, -0.05) is 35.9 Å². The highest BCUT2D eigenvalue weighted by atomic mass is 35.5. The van der Waals surface area contributed by atoms with Crippen molar-refractivity contribution < 1.29 is 14.0 Å². The number of rotatable bonds is 4. The van der Waals surface area contributed by atoms with Crippen molar-refractivity contribution in [1.29, 1.82) is 0 Å². The summed E-state index contributed by atoms with van der Waals surface area (Å²) in [6.45, 7) is 1.94. The highest BCUT2D eigenvalue weighted by Crippen LogP contribution is 2.34. The Labute approximate surface area is 172 Å². The van der Waals surface area contributed by atoms with Crippen molar-refractivity contribution in [1.82, 2.24) is 0 Å². The lowest BCUT2D eigenvalue weighted by Crippen LogP contribution is -2.32. The maximum Gasteiger partial charge on any atom is 0.282 e. The van der Waals surface area contributed by atoms with Crippen molar-refractivity contribution in [2.24, 2.45) is 0 Å². The molecule has 1 N–H and O–H groups in total. The minimum atomic E-state index is -0.506. The zero-order valence-corrected chi connectivity index (χ0v) is 16.2. The second-order valence-electron chi connectivity index (χ2n) is 6.67. The fourth-order valence-electron chi connectivity index (χ4n) is 3.22. The summed E-state index contributed by atoms with van der Waals surface area (Å²) in [5.74, 6) is -1.44. The van der Waals surface area contributed by atoms with E-state index >= 15 is 0 Å². The van der Waals surface area contributed by atoms with Crippen LogP contribution in [0.3, 0.4) is 0 Å². The molecular weight excluding hydrogens is 391 g/mol. The summed E-state index contributed by atoms with van der Waals surface area (Å²) in [6.07, 6.45) is 0. The Balaban J connectivity index is 1.82. The molecule has 0 saturated heterocycles. The number of anilines is 2. The molecule has 0 atom stereocenters. The van der Waals surface area contributed by atoms with Crippen molar-refractivity contribution in [2.45, 2.75) is 6.92 Å². The number of aryl methyl sites for hydroxylation is 1. The number of amides is 2. The number of nitrogens with one attached hydrogen (secondary N) is 1. The van der Waals surface area contributed by atoms with E-state index in [1.807, 2.05) is 31.2 Å². The number of halogens is 2. The quantitative estimate of drug-likeness (QED) is 0.607. The molecule has 6 heteroatoms. The van der Waals surface area contributed by atoms with Crippen LogP contribution in [0.1, 0.15) is 11.1 Å². The number of carbonyl (C=O) groups is 2. The summed E-state index contributed by atoms with van der Waals surface area (Å²) < 4.78 is 13.3. The lowest BCUT2D eigenvalue weighted by molar-refractivity contribution is -0.120. The highest BCUT2D eigenvalue weighted by Gasteiger charge is 2.40. The molecule has 0 saturated carbocycles. The van der Waals surface area contributed by atoms with E-state index < -0.39 is 17.6 Å². The van der Waals surface area contributed by atoms with Crippen LogP contribution in [0.5, 0.6) is 0 Å². The summed E-state index contributed by atoms with van der Waals surface area (Å²) in [6, 6.07) is 19.4. The molecule has 29 heavy (non-hydrogen) atoms. The molecule has 4 rings (SSSR count). The summed E-state index contributed by atoms with van der Waals surface area (Å²) >= 11 is 5.98. The van der Waals surface area contributed by atoms with Gasteiger partial charge in [0.05, 0.1) is 11.3 Å². The maximum absolute atomic E-state index is 13.3. The lowest BCUT2D eigenvalue weighted by Gasteiger charge is -2.15. The Hall–Kier alpha value is -3.44. The van der Waals surface area contributed by atoms with Crippen molar-refractivity contribution in [2.75, 3.05) is 10.2 Å². The van der Waals surface area contributed by atoms with Crippen LogP contribution in [-0.4, -0.2) is 11.8 Å². The van der Waals surface area contributed by atoms with Crippen LogP contribution in [0.15, 0.2) is 78.5 Å². The summed E-state index contributed by atoms with van der Waals surface area (Å²) in [5.41, 5.74) is 2.95. The van der Waals surface area contributed by atoms with Gasteiger partial charge in [0, 0.05) is 10.7 Å². The molecule has 0 spiro atoms. The van der Waals surface area contributed by atoms with E-state index in [9.17, 15) is 14.0 Å². The first-order valence-electron chi connectivity index (χ1n) is 8.92. The first-order valence-corrected chi connectivity index (χ1v) is 9.30. The van der Waals surface area contributed by atoms with Crippen molar-refractivity contribution in [3.05, 3.63) is 100 Å². The largest absolute Gasteiger partial charge is 0.350 e. The van der Waals surface area contributed by atoms with E-state index in [0.29, 0.717) is 22.0 Å². The third kappa shape index (κ3) is 3.65. The van der Waals surface area contributed by atoms with E-state index in [1.54, 1.807) is 24.3 Å². The third-order valence-corrected chi connectivity index (χ3v) is 4.84. The minimum Gasteiger partial charge on any atom is -0.350 e. The van der Waals surface area contributed by atoms with Crippen LogP contribution < -0.4 is 10.2 Å².